The summed E-state index contributed by atoms with van der Waals surface area (Å²) < 4.78 is 1.59. The molecule has 0 spiro atoms. The maximum atomic E-state index is 9.06. The van der Waals surface area contributed by atoms with Crippen molar-refractivity contribution in [2.24, 2.45) is 0 Å². The number of rotatable bonds is 8. The first-order chi connectivity index (χ1) is 9.28. The summed E-state index contributed by atoms with van der Waals surface area (Å²) in [4.78, 5) is 0. The number of nitrogens with zero attached hydrogens (tertiary/aromatic N) is 2. The number of benzene rings is 1. The fourth-order valence-electron chi connectivity index (χ4n) is 2.44. The van der Waals surface area contributed by atoms with Gasteiger partial charge in [-0.05, 0) is 0 Å². The molecule has 0 unspecified atom stereocenters. The largest absolute Gasteiger partial charge is 1.00 e. The summed E-state index contributed by atoms with van der Waals surface area (Å²) in [6.07, 6.45) is 0. The second-order valence-electron chi connectivity index (χ2n) is 6.90. The van der Waals surface area contributed by atoms with Crippen LogP contribution in [0.2, 0.25) is 0 Å². The Kier molecular flexibility index (Phi) is 11.8. The molecular formula is C16H30Br2N2O2. The molecule has 0 bridgehead atoms. The van der Waals surface area contributed by atoms with Gasteiger partial charge in [-0.2, -0.15) is 0 Å². The first-order valence-corrected chi connectivity index (χ1v) is 7.21. The Morgan fingerprint density at radius 3 is 1.18 bits per heavy atom. The number of hydrogen-bond acceptors (Lipinski definition) is 2. The summed E-state index contributed by atoms with van der Waals surface area (Å²) in [5, 5.41) is 18.1. The summed E-state index contributed by atoms with van der Waals surface area (Å²) in [5.74, 6) is 0. The van der Waals surface area contributed by atoms with Crippen LogP contribution in [0.3, 0.4) is 0 Å². The van der Waals surface area contributed by atoms with Crippen LogP contribution in [0.25, 0.3) is 0 Å². The Bertz CT molecular complexity index is 370. The lowest BCUT2D eigenvalue weighted by Crippen LogP contribution is -3.00. The molecule has 1 aromatic rings. The fraction of sp³-hybridized carbons (Fsp3) is 0.625. The van der Waals surface area contributed by atoms with Crippen molar-refractivity contribution in [2.75, 3.05) is 54.5 Å². The quantitative estimate of drug-likeness (QED) is 0.396. The van der Waals surface area contributed by atoms with E-state index in [0.717, 1.165) is 35.1 Å². The highest BCUT2D eigenvalue weighted by atomic mass is 79.9. The molecule has 0 fully saturated rings. The number of aliphatic hydroxyl groups excluding tert-OH is 2. The van der Waals surface area contributed by atoms with Gasteiger partial charge in [-0.15, -0.1) is 0 Å². The van der Waals surface area contributed by atoms with Gasteiger partial charge < -0.3 is 53.1 Å². The van der Waals surface area contributed by atoms with Gasteiger partial charge in [0.1, 0.15) is 26.2 Å². The molecule has 0 aromatic heterocycles. The van der Waals surface area contributed by atoms with Crippen LogP contribution in [0.1, 0.15) is 11.1 Å². The molecule has 4 nitrogen and oxygen atoms in total. The lowest BCUT2D eigenvalue weighted by Gasteiger charge is -2.30. The molecule has 0 aliphatic rings. The van der Waals surface area contributed by atoms with Gasteiger partial charge in [0.25, 0.3) is 0 Å². The zero-order valence-corrected chi connectivity index (χ0v) is 17.3. The molecule has 2 N–H and O–H groups in total. The van der Waals surface area contributed by atoms with Gasteiger partial charge in [-0.25, -0.2) is 0 Å². The van der Waals surface area contributed by atoms with Gasteiger partial charge in [0, 0.05) is 11.1 Å². The van der Waals surface area contributed by atoms with Crippen LogP contribution >= 0.6 is 0 Å². The van der Waals surface area contributed by atoms with Crippen LogP contribution in [0.5, 0.6) is 0 Å². The lowest BCUT2D eigenvalue weighted by atomic mass is 10.1. The van der Waals surface area contributed by atoms with Crippen LogP contribution in [0.15, 0.2) is 24.3 Å². The molecular weight excluding hydrogens is 412 g/mol. The van der Waals surface area contributed by atoms with Gasteiger partial charge in [0.05, 0.1) is 41.4 Å². The topological polar surface area (TPSA) is 40.5 Å². The molecule has 6 heteroatoms. The highest BCUT2D eigenvalue weighted by molar-refractivity contribution is 5.21. The van der Waals surface area contributed by atoms with Gasteiger partial charge >= 0.3 is 0 Å². The molecule has 1 rings (SSSR count). The molecule has 1 aromatic carbocycles. The lowest BCUT2D eigenvalue weighted by molar-refractivity contribution is -0.904. The minimum absolute atomic E-state index is 0. The van der Waals surface area contributed by atoms with Crippen LogP contribution in [0, 0.1) is 0 Å². The maximum absolute atomic E-state index is 9.06. The predicted molar refractivity (Wildman–Crippen MR) is 82.0 cm³/mol. The summed E-state index contributed by atoms with van der Waals surface area (Å²) in [7, 11) is 8.52. The van der Waals surface area contributed by atoms with Crippen molar-refractivity contribution >= 4 is 0 Å². The van der Waals surface area contributed by atoms with Crippen molar-refractivity contribution in [1.29, 1.82) is 0 Å². The van der Waals surface area contributed by atoms with Gasteiger partial charge in [0.2, 0.25) is 0 Å². The third-order valence-corrected chi connectivity index (χ3v) is 3.65. The monoisotopic (exact) mass is 440 g/mol. The van der Waals surface area contributed by atoms with Gasteiger partial charge in [0.15, 0.2) is 0 Å². The predicted octanol–water partition coefficient (Wildman–Crippen LogP) is -5.17. The highest BCUT2D eigenvalue weighted by Gasteiger charge is 2.17. The number of quaternary nitrogens is 2. The van der Waals surface area contributed by atoms with Crippen LogP contribution < -0.4 is 34.0 Å². The Balaban J connectivity index is 0. The van der Waals surface area contributed by atoms with Crippen molar-refractivity contribution < 1.29 is 53.1 Å². The van der Waals surface area contributed by atoms with E-state index in [1.54, 1.807) is 0 Å². The molecule has 0 saturated carbocycles. The minimum Gasteiger partial charge on any atom is -1.00 e. The molecule has 0 amide bonds. The molecule has 0 aliphatic carbocycles. The van der Waals surface area contributed by atoms with E-state index < -0.39 is 0 Å². The SMILES string of the molecule is C[N+](C)(CCO)Cc1ccc(C[N+](C)(C)CCO)cc1.[Br-].[Br-]. The smallest absolute Gasteiger partial charge is 0.104 e. The van der Waals surface area contributed by atoms with Gasteiger partial charge in [-0.1, -0.05) is 24.3 Å². The van der Waals surface area contributed by atoms with Crippen molar-refractivity contribution in [3.63, 3.8) is 0 Å². The first kappa shape index (κ1) is 24.3. The van der Waals surface area contributed by atoms with E-state index in [1.165, 1.54) is 11.1 Å². The van der Waals surface area contributed by atoms with E-state index >= 15 is 0 Å². The van der Waals surface area contributed by atoms with Crippen molar-refractivity contribution in [3.8, 4) is 0 Å². The molecule has 0 aliphatic heterocycles. The van der Waals surface area contributed by atoms with Crippen LogP contribution in [-0.2, 0) is 13.1 Å². The third-order valence-electron chi connectivity index (χ3n) is 3.65. The summed E-state index contributed by atoms with van der Waals surface area (Å²) >= 11 is 0. The van der Waals surface area contributed by atoms with E-state index in [1.807, 2.05) is 0 Å². The molecule has 22 heavy (non-hydrogen) atoms. The molecule has 0 saturated heterocycles. The zero-order chi connectivity index (χ0) is 15.2. The number of likely N-dealkylation sites (N-methyl/N-ethyl adjacent to an activating group) is 2. The summed E-state index contributed by atoms with van der Waals surface area (Å²) in [6, 6.07) is 8.69. The number of aliphatic hydroxyl groups is 2. The second-order valence-corrected chi connectivity index (χ2v) is 6.90. The van der Waals surface area contributed by atoms with Crippen molar-refractivity contribution in [2.45, 2.75) is 13.1 Å². The zero-order valence-electron chi connectivity index (χ0n) is 14.1. The Morgan fingerprint density at radius 2 is 0.955 bits per heavy atom. The van der Waals surface area contributed by atoms with Crippen LogP contribution in [-0.4, -0.2) is 73.7 Å². The van der Waals surface area contributed by atoms with E-state index in [2.05, 4.69) is 52.5 Å². The number of hydrogen-bond donors (Lipinski definition) is 2. The maximum Gasteiger partial charge on any atom is 0.104 e. The Hall–Kier alpha value is 0.0200. The summed E-state index contributed by atoms with van der Waals surface area (Å²) in [5.41, 5.74) is 2.58. The van der Waals surface area contributed by atoms with Crippen LogP contribution in [0.4, 0.5) is 0 Å². The van der Waals surface area contributed by atoms with E-state index in [0.29, 0.717) is 0 Å². The van der Waals surface area contributed by atoms with Gasteiger partial charge in [-0.3, -0.25) is 0 Å². The Morgan fingerprint density at radius 1 is 0.682 bits per heavy atom. The third kappa shape index (κ3) is 9.22. The molecule has 130 valence electrons. The first-order valence-electron chi connectivity index (χ1n) is 7.21. The molecule has 0 heterocycles. The fourth-order valence-corrected chi connectivity index (χ4v) is 2.44. The van der Waals surface area contributed by atoms with Crippen molar-refractivity contribution in [1.82, 2.24) is 0 Å². The molecule has 0 radical (unpaired) electrons. The minimum atomic E-state index is 0. The second kappa shape index (κ2) is 10.7. The number of halogens is 2. The molecule has 0 atom stereocenters. The van der Waals surface area contributed by atoms with E-state index in [-0.39, 0.29) is 47.2 Å². The highest BCUT2D eigenvalue weighted by Crippen LogP contribution is 2.13. The van der Waals surface area contributed by atoms with E-state index in [9.17, 15) is 0 Å². The van der Waals surface area contributed by atoms with Crippen molar-refractivity contribution in [3.05, 3.63) is 35.4 Å². The normalized spacial score (nSPS) is 11.5. The summed E-state index contributed by atoms with van der Waals surface area (Å²) in [6.45, 7) is 3.83. The average molecular weight is 442 g/mol. The standard InChI is InChI=1S/C16H30N2O2.2BrH/c1-17(2,9-11-19)13-15-5-7-16(8-6-15)14-18(3,4)10-12-20;;/h5-8,19-20H,9-14H2,1-4H3;2*1H/q+2;;/p-2. The Labute approximate surface area is 156 Å². The van der Waals surface area contributed by atoms with E-state index in [4.69, 9.17) is 10.2 Å². The average Bonchev–Trinajstić information content (AvgIpc) is 2.30.